The molecule has 1 aromatic carbocycles. The van der Waals surface area contributed by atoms with Crippen LogP contribution in [0, 0.1) is 20.8 Å². The van der Waals surface area contributed by atoms with Gasteiger partial charge in [0.2, 0.25) is 5.91 Å². The molecule has 1 unspecified atom stereocenters. The van der Waals surface area contributed by atoms with Gasteiger partial charge in [0.25, 0.3) is 0 Å². The zero-order chi connectivity index (χ0) is 14.0. The Morgan fingerprint density at radius 3 is 2.22 bits per heavy atom. The van der Waals surface area contributed by atoms with Gasteiger partial charge in [-0.1, -0.05) is 0 Å². The van der Waals surface area contributed by atoms with Gasteiger partial charge in [0, 0.05) is 0 Å². The molecule has 0 aliphatic carbocycles. The van der Waals surface area contributed by atoms with E-state index in [2.05, 4.69) is 0 Å². The van der Waals surface area contributed by atoms with Gasteiger partial charge >= 0.3 is 0 Å². The number of methoxy groups -OCH3 is 1. The van der Waals surface area contributed by atoms with Crippen molar-refractivity contribution in [3.05, 3.63) is 28.3 Å². The third-order valence-corrected chi connectivity index (χ3v) is 3.39. The second-order valence-electron chi connectivity index (χ2n) is 4.83. The minimum absolute atomic E-state index is 0.337. The molecular weight excluding hydrogens is 228 g/mol. The number of carbonyl (C=O) groups excluding carboxylic acids is 1. The summed E-state index contributed by atoms with van der Waals surface area (Å²) in [5, 5.41) is 0. The van der Waals surface area contributed by atoms with E-state index >= 15 is 0 Å². The van der Waals surface area contributed by atoms with Gasteiger partial charge in [-0.3, -0.25) is 9.69 Å². The Morgan fingerprint density at radius 1 is 1.28 bits per heavy atom. The third-order valence-electron chi connectivity index (χ3n) is 3.39. The standard InChI is InChI=1S/C14H22N2O2/c1-8-7-11(18-6)9(2)10(3)12(8)13(14(15)17)16(4)5/h7,13H,1-6H3,(H2,15,17). The van der Waals surface area contributed by atoms with E-state index < -0.39 is 6.04 Å². The quantitative estimate of drug-likeness (QED) is 0.885. The van der Waals surface area contributed by atoms with Gasteiger partial charge in [-0.25, -0.2) is 0 Å². The minimum Gasteiger partial charge on any atom is -0.496 e. The predicted octanol–water partition coefficient (Wildman–Crippen LogP) is 1.71. The van der Waals surface area contributed by atoms with Crippen LogP contribution in [-0.2, 0) is 4.79 Å². The van der Waals surface area contributed by atoms with Crippen molar-refractivity contribution in [3.63, 3.8) is 0 Å². The molecule has 0 aliphatic rings. The first kappa shape index (κ1) is 14.5. The van der Waals surface area contributed by atoms with Crippen LogP contribution in [0.25, 0.3) is 0 Å². The van der Waals surface area contributed by atoms with Crippen molar-refractivity contribution in [1.29, 1.82) is 0 Å². The zero-order valence-electron chi connectivity index (χ0n) is 12.0. The number of hydrogen-bond acceptors (Lipinski definition) is 3. The Morgan fingerprint density at radius 2 is 1.83 bits per heavy atom. The summed E-state index contributed by atoms with van der Waals surface area (Å²) in [6.45, 7) is 5.97. The second-order valence-corrected chi connectivity index (χ2v) is 4.83. The molecule has 1 atom stereocenters. The molecule has 0 heterocycles. The van der Waals surface area contributed by atoms with E-state index in [9.17, 15) is 4.79 Å². The van der Waals surface area contributed by atoms with Gasteiger partial charge < -0.3 is 10.5 Å². The summed E-state index contributed by atoms with van der Waals surface area (Å²) >= 11 is 0. The minimum atomic E-state index is -0.408. The summed E-state index contributed by atoms with van der Waals surface area (Å²) in [5.41, 5.74) is 9.62. The molecule has 1 rings (SSSR count). The summed E-state index contributed by atoms with van der Waals surface area (Å²) in [4.78, 5) is 13.5. The number of aryl methyl sites for hydroxylation is 1. The average Bonchev–Trinajstić information content (AvgIpc) is 2.27. The number of likely N-dealkylation sites (N-methyl/N-ethyl adjacent to an activating group) is 1. The normalized spacial score (nSPS) is 12.6. The number of nitrogens with zero attached hydrogens (tertiary/aromatic N) is 1. The fraction of sp³-hybridized carbons (Fsp3) is 0.500. The van der Waals surface area contributed by atoms with Gasteiger partial charge in [-0.2, -0.15) is 0 Å². The predicted molar refractivity (Wildman–Crippen MR) is 72.8 cm³/mol. The molecule has 2 N–H and O–H groups in total. The van der Waals surface area contributed by atoms with Crippen molar-refractivity contribution in [3.8, 4) is 5.75 Å². The number of primary amides is 1. The maximum atomic E-state index is 11.7. The molecule has 4 heteroatoms. The molecule has 18 heavy (non-hydrogen) atoms. The lowest BCUT2D eigenvalue weighted by Crippen LogP contribution is -2.34. The van der Waals surface area contributed by atoms with Crippen molar-refractivity contribution in [2.45, 2.75) is 26.8 Å². The molecule has 100 valence electrons. The van der Waals surface area contributed by atoms with Gasteiger partial charge in [0.15, 0.2) is 0 Å². The van der Waals surface area contributed by atoms with Crippen LogP contribution in [0.4, 0.5) is 0 Å². The summed E-state index contributed by atoms with van der Waals surface area (Å²) in [6, 6.07) is 1.55. The maximum Gasteiger partial charge on any atom is 0.239 e. The van der Waals surface area contributed by atoms with E-state index in [4.69, 9.17) is 10.5 Å². The number of benzene rings is 1. The fourth-order valence-corrected chi connectivity index (χ4v) is 2.35. The summed E-state index contributed by atoms with van der Waals surface area (Å²) in [5.74, 6) is 0.506. The van der Waals surface area contributed by atoms with Gasteiger partial charge in [0.05, 0.1) is 7.11 Å². The number of carbonyl (C=O) groups is 1. The molecule has 0 bridgehead atoms. The van der Waals surface area contributed by atoms with E-state index in [-0.39, 0.29) is 5.91 Å². The highest BCUT2D eigenvalue weighted by atomic mass is 16.5. The first-order valence-corrected chi connectivity index (χ1v) is 5.91. The van der Waals surface area contributed by atoms with Crippen molar-refractivity contribution in [2.24, 2.45) is 5.73 Å². The van der Waals surface area contributed by atoms with Crippen molar-refractivity contribution >= 4 is 5.91 Å². The lowest BCUT2D eigenvalue weighted by molar-refractivity contribution is -0.122. The number of ether oxygens (including phenoxy) is 1. The van der Waals surface area contributed by atoms with E-state index in [0.29, 0.717) is 0 Å². The zero-order valence-corrected chi connectivity index (χ0v) is 12.0. The van der Waals surface area contributed by atoms with Crippen molar-refractivity contribution in [1.82, 2.24) is 4.90 Å². The number of hydrogen-bond donors (Lipinski definition) is 1. The average molecular weight is 250 g/mol. The van der Waals surface area contributed by atoms with E-state index in [0.717, 1.165) is 28.0 Å². The number of nitrogens with two attached hydrogens (primary N) is 1. The first-order chi connectivity index (χ1) is 8.31. The molecule has 0 saturated heterocycles. The van der Waals surface area contributed by atoms with E-state index in [1.165, 1.54) is 0 Å². The smallest absolute Gasteiger partial charge is 0.239 e. The molecule has 1 aromatic rings. The molecule has 0 saturated carbocycles. The van der Waals surface area contributed by atoms with Crippen LogP contribution in [0.1, 0.15) is 28.3 Å². The fourth-order valence-electron chi connectivity index (χ4n) is 2.35. The van der Waals surface area contributed by atoms with E-state index in [1.54, 1.807) is 7.11 Å². The number of rotatable bonds is 4. The van der Waals surface area contributed by atoms with E-state index in [1.807, 2.05) is 45.8 Å². The van der Waals surface area contributed by atoms with Crippen LogP contribution >= 0.6 is 0 Å². The number of amides is 1. The largest absolute Gasteiger partial charge is 0.496 e. The molecule has 0 spiro atoms. The lowest BCUT2D eigenvalue weighted by Gasteiger charge is -2.26. The van der Waals surface area contributed by atoms with Crippen LogP contribution < -0.4 is 10.5 Å². The highest BCUT2D eigenvalue weighted by Crippen LogP contribution is 2.32. The van der Waals surface area contributed by atoms with Crippen LogP contribution in [0.5, 0.6) is 5.75 Å². The molecule has 0 radical (unpaired) electrons. The molecule has 0 aromatic heterocycles. The maximum absolute atomic E-state index is 11.7. The van der Waals surface area contributed by atoms with Crippen molar-refractivity contribution in [2.75, 3.05) is 21.2 Å². The summed E-state index contributed by atoms with van der Waals surface area (Å²) in [6.07, 6.45) is 0. The van der Waals surface area contributed by atoms with Crippen molar-refractivity contribution < 1.29 is 9.53 Å². The molecule has 0 fully saturated rings. The van der Waals surface area contributed by atoms with Crippen LogP contribution in [-0.4, -0.2) is 32.0 Å². The Labute approximate surface area is 109 Å². The Kier molecular flexibility index (Phi) is 4.35. The van der Waals surface area contributed by atoms with Gasteiger partial charge in [-0.05, 0) is 63.2 Å². The highest BCUT2D eigenvalue weighted by molar-refractivity contribution is 5.82. The first-order valence-electron chi connectivity index (χ1n) is 5.91. The molecule has 4 nitrogen and oxygen atoms in total. The van der Waals surface area contributed by atoms with Gasteiger partial charge in [-0.15, -0.1) is 0 Å². The Balaban J connectivity index is 3.49. The topological polar surface area (TPSA) is 55.6 Å². The third kappa shape index (κ3) is 2.48. The second kappa shape index (κ2) is 5.40. The molecule has 1 amide bonds. The Hall–Kier alpha value is -1.55. The molecular formula is C14H22N2O2. The summed E-state index contributed by atoms with van der Waals surface area (Å²) < 4.78 is 5.33. The molecule has 0 aliphatic heterocycles. The van der Waals surface area contributed by atoms with Crippen LogP contribution in [0.2, 0.25) is 0 Å². The lowest BCUT2D eigenvalue weighted by atomic mass is 9.91. The Bertz CT molecular complexity index is 467. The summed E-state index contributed by atoms with van der Waals surface area (Å²) in [7, 11) is 5.36. The van der Waals surface area contributed by atoms with Crippen LogP contribution in [0.15, 0.2) is 6.07 Å². The van der Waals surface area contributed by atoms with Gasteiger partial charge in [0.1, 0.15) is 11.8 Å². The van der Waals surface area contributed by atoms with Crippen LogP contribution in [0.3, 0.4) is 0 Å². The monoisotopic (exact) mass is 250 g/mol. The highest BCUT2D eigenvalue weighted by Gasteiger charge is 2.25. The SMILES string of the molecule is COc1cc(C)c(C(C(N)=O)N(C)C)c(C)c1C.